The molecule has 1 aliphatic heterocycles. The van der Waals surface area contributed by atoms with E-state index in [9.17, 15) is 9.59 Å². The van der Waals surface area contributed by atoms with E-state index in [0.29, 0.717) is 32.4 Å². The number of rotatable bonds is 4. The molecule has 0 aromatic heterocycles. The molecule has 0 bridgehead atoms. The summed E-state index contributed by atoms with van der Waals surface area (Å²) in [7, 11) is 0. The van der Waals surface area contributed by atoms with Gasteiger partial charge in [-0.15, -0.1) is 12.4 Å². The molecule has 0 aliphatic carbocycles. The van der Waals surface area contributed by atoms with Crippen LogP contribution >= 0.6 is 12.4 Å². The molecule has 1 saturated heterocycles. The van der Waals surface area contributed by atoms with Crippen LogP contribution in [-0.2, 0) is 9.59 Å². The second-order valence-electron chi connectivity index (χ2n) is 5.69. The molecule has 1 aromatic rings. The zero-order valence-corrected chi connectivity index (χ0v) is 13.6. The normalized spacial score (nSPS) is 16.5. The van der Waals surface area contributed by atoms with E-state index in [1.54, 1.807) is 0 Å². The van der Waals surface area contributed by atoms with Gasteiger partial charge in [-0.3, -0.25) is 9.59 Å². The molecule has 0 saturated carbocycles. The van der Waals surface area contributed by atoms with Gasteiger partial charge in [0.05, 0.1) is 0 Å². The molecule has 1 unspecified atom stereocenters. The van der Waals surface area contributed by atoms with Crippen LogP contribution in [0.2, 0.25) is 0 Å². The minimum atomic E-state index is -0.114. The Bertz CT molecular complexity index is 485. The number of para-hydroxylation sites is 1. The maximum atomic E-state index is 12.2. The lowest BCUT2D eigenvalue weighted by Crippen LogP contribution is -2.42. The summed E-state index contributed by atoms with van der Waals surface area (Å²) < 4.78 is 0. The Morgan fingerprint density at radius 3 is 2.41 bits per heavy atom. The van der Waals surface area contributed by atoms with Crippen LogP contribution < -0.4 is 11.1 Å². The van der Waals surface area contributed by atoms with Crippen LogP contribution in [-0.4, -0.2) is 35.8 Å². The van der Waals surface area contributed by atoms with Crippen molar-refractivity contribution in [3.05, 3.63) is 30.3 Å². The number of nitrogens with zero attached hydrogens (tertiary/aromatic N) is 1. The maximum Gasteiger partial charge on any atom is 0.227 e. The number of halogens is 1. The minimum absolute atomic E-state index is 0. The van der Waals surface area contributed by atoms with Gasteiger partial charge in [0.2, 0.25) is 11.8 Å². The zero-order valence-electron chi connectivity index (χ0n) is 12.8. The van der Waals surface area contributed by atoms with Crippen molar-refractivity contribution in [1.82, 2.24) is 4.90 Å². The Labute approximate surface area is 137 Å². The minimum Gasteiger partial charge on any atom is -0.343 e. The van der Waals surface area contributed by atoms with Crippen molar-refractivity contribution < 1.29 is 9.59 Å². The number of carbonyl (C=O) groups is 2. The number of carbonyl (C=O) groups excluding carboxylic acids is 2. The fourth-order valence-electron chi connectivity index (χ4n) is 2.56. The number of nitrogens with one attached hydrogen (secondary N) is 1. The fraction of sp³-hybridized carbons (Fsp3) is 0.500. The highest BCUT2D eigenvalue weighted by Gasteiger charge is 2.27. The summed E-state index contributed by atoms with van der Waals surface area (Å²) in [5, 5.41) is 2.93. The number of piperidine rings is 1. The van der Waals surface area contributed by atoms with Gasteiger partial charge in [0.15, 0.2) is 0 Å². The average molecular weight is 326 g/mol. The van der Waals surface area contributed by atoms with E-state index in [2.05, 4.69) is 5.32 Å². The number of benzene rings is 1. The van der Waals surface area contributed by atoms with E-state index in [1.807, 2.05) is 42.2 Å². The van der Waals surface area contributed by atoms with Crippen LogP contribution in [0.5, 0.6) is 0 Å². The molecule has 6 heteroatoms. The third-order valence-corrected chi connectivity index (χ3v) is 3.76. The maximum absolute atomic E-state index is 12.2. The van der Waals surface area contributed by atoms with Crippen LogP contribution in [0.25, 0.3) is 0 Å². The third kappa shape index (κ3) is 5.31. The average Bonchev–Trinajstić information content (AvgIpc) is 2.47. The summed E-state index contributed by atoms with van der Waals surface area (Å²) in [6.45, 7) is 3.11. The summed E-state index contributed by atoms with van der Waals surface area (Å²) in [5.74, 6) is 0.108. The molecule has 1 atom stereocenters. The second kappa shape index (κ2) is 8.76. The van der Waals surface area contributed by atoms with Crippen molar-refractivity contribution in [1.29, 1.82) is 0 Å². The molecule has 2 amide bonds. The van der Waals surface area contributed by atoms with E-state index in [-0.39, 0.29) is 36.2 Å². The second-order valence-corrected chi connectivity index (χ2v) is 5.69. The monoisotopic (exact) mass is 325 g/mol. The highest BCUT2D eigenvalue weighted by Crippen LogP contribution is 2.20. The standard InChI is InChI=1S/C16H23N3O2.ClH/c1-12(17)11-15(20)19-9-7-13(8-10-19)16(21)18-14-5-3-2-4-6-14;/h2-6,12-13H,7-11,17H2,1H3,(H,18,21);1H. The molecule has 2 rings (SSSR count). The Hall–Kier alpha value is -1.59. The highest BCUT2D eigenvalue weighted by atomic mass is 35.5. The molecule has 1 aromatic carbocycles. The lowest BCUT2D eigenvalue weighted by atomic mass is 9.95. The number of nitrogens with two attached hydrogens (primary N) is 1. The van der Waals surface area contributed by atoms with Crippen LogP contribution in [0.3, 0.4) is 0 Å². The SMILES string of the molecule is CC(N)CC(=O)N1CCC(C(=O)Nc2ccccc2)CC1.Cl. The molecular formula is C16H24ClN3O2. The first kappa shape index (κ1) is 18.5. The molecular weight excluding hydrogens is 302 g/mol. The van der Waals surface area contributed by atoms with Crippen molar-refractivity contribution >= 4 is 29.9 Å². The van der Waals surface area contributed by atoms with E-state index in [4.69, 9.17) is 5.73 Å². The van der Waals surface area contributed by atoms with Crippen LogP contribution in [0.4, 0.5) is 5.69 Å². The van der Waals surface area contributed by atoms with Gasteiger partial charge in [0, 0.05) is 37.2 Å². The van der Waals surface area contributed by atoms with Gasteiger partial charge in [0.1, 0.15) is 0 Å². The summed E-state index contributed by atoms with van der Waals surface area (Å²) in [4.78, 5) is 25.9. The predicted molar refractivity (Wildman–Crippen MR) is 89.9 cm³/mol. The molecule has 0 spiro atoms. The van der Waals surface area contributed by atoms with E-state index in [0.717, 1.165) is 5.69 Å². The molecule has 122 valence electrons. The predicted octanol–water partition coefficient (Wildman–Crippen LogP) is 2.02. The third-order valence-electron chi connectivity index (χ3n) is 3.76. The van der Waals surface area contributed by atoms with Gasteiger partial charge in [-0.1, -0.05) is 18.2 Å². The first-order valence-corrected chi connectivity index (χ1v) is 7.45. The molecule has 5 nitrogen and oxygen atoms in total. The number of hydrogen-bond acceptors (Lipinski definition) is 3. The van der Waals surface area contributed by atoms with Gasteiger partial charge in [-0.25, -0.2) is 0 Å². The Morgan fingerprint density at radius 1 is 1.27 bits per heavy atom. The first-order valence-electron chi connectivity index (χ1n) is 7.45. The first-order chi connectivity index (χ1) is 10.1. The lowest BCUT2D eigenvalue weighted by molar-refractivity contribution is -0.134. The van der Waals surface area contributed by atoms with Crippen molar-refractivity contribution in [3.8, 4) is 0 Å². The summed E-state index contributed by atoms with van der Waals surface area (Å²) >= 11 is 0. The lowest BCUT2D eigenvalue weighted by Gasteiger charge is -2.31. The molecule has 1 heterocycles. The Morgan fingerprint density at radius 2 is 1.86 bits per heavy atom. The molecule has 22 heavy (non-hydrogen) atoms. The molecule has 1 fully saturated rings. The Balaban J connectivity index is 0.00000242. The Kier molecular flexibility index (Phi) is 7.35. The summed E-state index contributed by atoms with van der Waals surface area (Å²) in [6, 6.07) is 9.34. The topological polar surface area (TPSA) is 75.4 Å². The molecule has 3 N–H and O–H groups in total. The largest absolute Gasteiger partial charge is 0.343 e. The van der Waals surface area contributed by atoms with Gasteiger partial charge in [0.25, 0.3) is 0 Å². The van der Waals surface area contributed by atoms with Crippen LogP contribution in [0.1, 0.15) is 26.2 Å². The summed E-state index contributed by atoms with van der Waals surface area (Å²) in [6.07, 6.45) is 1.80. The van der Waals surface area contributed by atoms with Crippen molar-refractivity contribution in [2.75, 3.05) is 18.4 Å². The van der Waals surface area contributed by atoms with Crippen LogP contribution in [0.15, 0.2) is 30.3 Å². The van der Waals surface area contributed by atoms with Crippen molar-refractivity contribution in [3.63, 3.8) is 0 Å². The quantitative estimate of drug-likeness (QED) is 0.889. The van der Waals surface area contributed by atoms with Gasteiger partial charge >= 0.3 is 0 Å². The smallest absolute Gasteiger partial charge is 0.227 e. The zero-order chi connectivity index (χ0) is 15.2. The van der Waals surface area contributed by atoms with Crippen molar-refractivity contribution in [2.24, 2.45) is 11.7 Å². The van der Waals surface area contributed by atoms with Gasteiger partial charge in [-0.05, 0) is 31.9 Å². The van der Waals surface area contributed by atoms with E-state index in [1.165, 1.54) is 0 Å². The fourth-order valence-corrected chi connectivity index (χ4v) is 2.56. The van der Waals surface area contributed by atoms with E-state index < -0.39 is 0 Å². The number of amides is 2. The highest BCUT2D eigenvalue weighted by molar-refractivity contribution is 5.92. The number of anilines is 1. The number of hydrogen-bond donors (Lipinski definition) is 2. The molecule has 0 radical (unpaired) electrons. The van der Waals surface area contributed by atoms with Gasteiger partial charge in [-0.2, -0.15) is 0 Å². The van der Waals surface area contributed by atoms with E-state index >= 15 is 0 Å². The van der Waals surface area contributed by atoms with Crippen LogP contribution in [0, 0.1) is 5.92 Å². The van der Waals surface area contributed by atoms with Crippen molar-refractivity contribution in [2.45, 2.75) is 32.2 Å². The number of likely N-dealkylation sites (tertiary alicyclic amines) is 1. The van der Waals surface area contributed by atoms with Gasteiger partial charge < -0.3 is 16.0 Å². The molecule has 1 aliphatic rings. The summed E-state index contributed by atoms with van der Waals surface area (Å²) in [5.41, 5.74) is 6.47.